The molecule has 0 heterocycles. The van der Waals surface area contributed by atoms with E-state index in [4.69, 9.17) is 9.84 Å². The highest BCUT2D eigenvalue weighted by Crippen LogP contribution is 1.93. The van der Waals surface area contributed by atoms with Crippen molar-refractivity contribution in [2.75, 3.05) is 13.2 Å². The molecule has 0 aromatic heterocycles. The molecule has 0 atom stereocenters. The van der Waals surface area contributed by atoms with Crippen LogP contribution in [0.15, 0.2) is 0 Å². The summed E-state index contributed by atoms with van der Waals surface area (Å²) in [4.78, 5) is 9.94. The van der Waals surface area contributed by atoms with Gasteiger partial charge in [-0.15, -0.1) is 0 Å². The van der Waals surface area contributed by atoms with Gasteiger partial charge in [0.05, 0.1) is 18.8 Å². The molecular weight excluding hydrogens is 184 g/mol. The van der Waals surface area contributed by atoms with E-state index in [0.29, 0.717) is 18.8 Å². The van der Waals surface area contributed by atoms with Crippen molar-refractivity contribution in [2.24, 2.45) is 0 Å². The molecule has 4 heteroatoms. The molecule has 4 nitrogen and oxygen atoms in total. The smallest absolute Gasteiger partial charge is 0.331 e. The third kappa shape index (κ3) is 17.5. The Kier molecular flexibility index (Phi) is 11.9. The zero-order valence-corrected chi connectivity index (χ0v) is 9.74. The van der Waals surface area contributed by atoms with E-state index in [1.807, 2.05) is 27.7 Å². The molecule has 1 N–H and O–H groups in total. The van der Waals surface area contributed by atoms with Gasteiger partial charge in [0, 0.05) is 0 Å². The van der Waals surface area contributed by atoms with Gasteiger partial charge in [-0.3, -0.25) is 0 Å². The van der Waals surface area contributed by atoms with E-state index in [0.717, 1.165) is 0 Å². The van der Waals surface area contributed by atoms with Crippen molar-refractivity contribution in [1.82, 2.24) is 0 Å². The quantitative estimate of drug-likeness (QED) is 0.706. The first-order valence-corrected chi connectivity index (χ1v) is 4.85. The van der Waals surface area contributed by atoms with Crippen LogP contribution in [0.25, 0.3) is 0 Å². The fourth-order valence-electron chi connectivity index (χ4n) is 0.751. The minimum Gasteiger partial charge on any atom is -0.464 e. The molecule has 0 saturated heterocycles. The van der Waals surface area contributed by atoms with Crippen molar-refractivity contribution in [3.8, 4) is 0 Å². The molecule has 0 spiro atoms. The first-order chi connectivity index (χ1) is 6.43. The number of aliphatic hydroxyl groups is 1. The van der Waals surface area contributed by atoms with Crippen molar-refractivity contribution in [3.63, 3.8) is 0 Å². The summed E-state index contributed by atoms with van der Waals surface area (Å²) in [6.45, 7) is 9.67. The molecule has 0 aromatic rings. The Bertz CT molecular complexity index is 126. The first-order valence-electron chi connectivity index (χ1n) is 4.85. The van der Waals surface area contributed by atoms with Crippen LogP contribution in [0.1, 0.15) is 34.6 Å². The fraction of sp³-hybridized carbons (Fsp3) is 0.900. The van der Waals surface area contributed by atoms with Crippen LogP contribution in [0.3, 0.4) is 0 Å². The van der Waals surface area contributed by atoms with Crippen molar-refractivity contribution >= 4 is 5.97 Å². The maximum Gasteiger partial charge on any atom is 0.331 e. The molecular formula is C10H22O4. The van der Waals surface area contributed by atoms with Crippen LogP contribution in [-0.4, -0.2) is 36.5 Å². The summed E-state index contributed by atoms with van der Waals surface area (Å²) < 4.78 is 9.55. The highest BCUT2D eigenvalue weighted by atomic mass is 16.5. The lowest BCUT2D eigenvalue weighted by molar-refractivity contribution is -0.146. The molecule has 0 aromatic carbocycles. The van der Waals surface area contributed by atoms with Crippen LogP contribution in [0, 0.1) is 0 Å². The van der Waals surface area contributed by atoms with Crippen molar-refractivity contribution in [3.05, 3.63) is 0 Å². The minimum atomic E-state index is -0.567. The van der Waals surface area contributed by atoms with Crippen LogP contribution in [0.5, 0.6) is 0 Å². The molecule has 14 heavy (non-hydrogen) atoms. The zero-order valence-electron chi connectivity index (χ0n) is 9.74. The standard InChI is InChI=1S/C6H14O.C4H8O3/c1-5(2)7-6(3)4;1-2-7-4(6)3-5/h5-6H,1-4H3;5H,2-3H2,1H3. The number of hydrogen-bond acceptors (Lipinski definition) is 4. The lowest BCUT2D eigenvalue weighted by atomic mass is 10.4. The first kappa shape index (κ1) is 15.8. The van der Waals surface area contributed by atoms with Gasteiger partial charge in [-0.2, -0.15) is 0 Å². The molecule has 0 aliphatic heterocycles. The van der Waals surface area contributed by atoms with Crippen LogP contribution in [0.4, 0.5) is 0 Å². The normalized spacial score (nSPS) is 9.71. The zero-order chi connectivity index (χ0) is 11.6. The lowest BCUT2D eigenvalue weighted by Crippen LogP contribution is -2.09. The summed E-state index contributed by atoms with van der Waals surface area (Å²) in [5, 5.41) is 7.99. The van der Waals surface area contributed by atoms with Gasteiger partial charge in [-0.05, 0) is 34.6 Å². The van der Waals surface area contributed by atoms with Crippen LogP contribution in [-0.2, 0) is 14.3 Å². The summed E-state index contributed by atoms with van der Waals surface area (Å²) in [7, 11) is 0. The van der Waals surface area contributed by atoms with Crippen molar-refractivity contribution < 1.29 is 19.4 Å². The van der Waals surface area contributed by atoms with Gasteiger partial charge in [0.2, 0.25) is 0 Å². The van der Waals surface area contributed by atoms with E-state index < -0.39 is 12.6 Å². The number of rotatable bonds is 4. The Labute approximate surface area is 86.2 Å². The second kappa shape index (κ2) is 10.5. The SMILES string of the molecule is CC(C)OC(C)C.CCOC(=O)CO. The Morgan fingerprint density at radius 1 is 1.21 bits per heavy atom. The summed E-state index contributed by atoms with van der Waals surface area (Å²) in [6.07, 6.45) is 0.750. The number of carbonyl (C=O) groups is 1. The summed E-state index contributed by atoms with van der Waals surface area (Å²) in [6, 6.07) is 0. The molecule has 0 saturated carbocycles. The van der Waals surface area contributed by atoms with Crippen molar-refractivity contribution in [2.45, 2.75) is 46.8 Å². The molecule has 86 valence electrons. The highest BCUT2D eigenvalue weighted by molar-refractivity contribution is 5.70. The van der Waals surface area contributed by atoms with Crippen LogP contribution in [0.2, 0.25) is 0 Å². The van der Waals surface area contributed by atoms with Crippen molar-refractivity contribution in [1.29, 1.82) is 0 Å². The number of carbonyl (C=O) groups excluding carboxylic acids is 1. The van der Waals surface area contributed by atoms with E-state index in [1.54, 1.807) is 6.92 Å². The monoisotopic (exact) mass is 206 g/mol. The second-order valence-electron chi connectivity index (χ2n) is 3.20. The summed E-state index contributed by atoms with van der Waals surface area (Å²) in [5.41, 5.74) is 0. The van der Waals surface area contributed by atoms with Gasteiger partial charge in [0.25, 0.3) is 0 Å². The average molecular weight is 206 g/mol. The van der Waals surface area contributed by atoms with Crippen LogP contribution < -0.4 is 0 Å². The van der Waals surface area contributed by atoms with Gasteiger partial charge in [-0.1, -0.05) is 0 Å². The Morgan fingerprint density at radius 2 is 1.64 bits per heavy atom. The van der Waals surface area contributed by atoms with Gasteiger partial charge >= 0.3 is 5.97 Å². The molecule has 0 fully saturated rings. The maximum atomic E-state index is 9.94. The van der Waals surface area contributed by atoms with E-state index >= 15 is 0 Å². The van der Waals surface area contributed by atoms with E-state index in [1.165, 1.54) is 0 Å². The molecule has 0 radical (unpaired) electrons. The molecule has 0 aliphatic rings. The van der Waals surface area contributed by atoms with Gasteiger partial charge in [-0.25, -0.2) is 4.79 Å². The number of esters is 1. The predicted molar refractivity (Wildman–Crippen MR) is 55.1 cm³/mol. The predicted octanol–water partition coefficient (Wildman–Crippen LogP) is 1.36. The van der Waals surface area contributed by atoms with Gasteiger partial charge in [0.1, 0.15) is 6.61 Å². The summed E-state index contributed by atoms with van der Waals surface area (Å²) in [5.74, 6) is -0.567. The summed E-state index contributed by atoms with van der Waals surface area (Å²) >= 11 is 0. The molecule has 0 aliphatic carbocycles. The molecule has 0 rings (SSSR count). The average Bonchev–Trinajstić information content (AvgIpc) is 2.03. The largest absolute Gasteiger partial charge is 0.464 e. The molecule has 0 amide bonds. The van der Waals surface area contributed by atoms with E-state index in [-0.39, 0.29) is 0 Å². The van der Waals surface area contributed by atoms with E-state index in [9.17, 15) is 4.79 Å². The molecule has 0 bridgehead atoms. The Balaban J connectivity index is 0. The van der Waals surface area contributed by atoms with E-state index in [2.05, 4.69) is 4.74 Å². The lowest BCUT2D eigenvalue weighted by Gasteiger charge is -2.09. The molecule has 0 unspecified atom stereocenters. The van der Waals surface area contributed by atoms with Gasteiger partial charge < -0.3 is 14.6 Å². The second-order valence-corrected chi connectivity index (χ2v) is 3.20. The number of hydrogen-bond donors (Lipinski definition) is 1. The van der Waals surface area contributed by atoms with Crippen LogP contribution >= 0.6 is 0 Å². The topological polar surface area (TPSA) is 55.8 Å². The third-order valence-electron chi connectivity index (χ3n) is 0.979. The number of ether oxygens (including phenoxy) is 2. The van der Waals surface area contributed by atoms with Gasteiger partial charge in [0.15, 0.2) is 0 Å². The fourth-order valence-corrected chi connectivity index (χ4v) is 0.751. The maximum absolute atomic E-state index is 9.94. The minimum absolute atomic E-state index is 0.333. The Morgan fingerprint density at radius 3 is 1.71 bits per heavy atom. The third-order valence-corrected chi connectivity index (χ3v) is 0.979. The Hall–Kier alpha value is -0.610. The number of aliphatic hydroxyl groups excluding tert-OH is 1. The highest BCUT2D eigenvalue weighted by Gasteiger charge is 1.94.